The minimum Gasteiger partial charge on any atom is -0.484 e. The summed E-state index contributed by atoms with van der Waals surface area (Å²) in [5, 5.41) is 2.79. The molecule has 0 aliphatic carbocycles. The van der Waals surface area contributed by atoms with Gasteiger partial charge in [0.25, 0.3) is 15.3 Å². The van der Waals surface area contributed by atoms with Gasteiger partial charge in [0.15, 0.2) is 6.61 Å². The number of fused-ring (bicyclic) bond motifs is 4. The van der Waals surface area contributed by atoms with Gasteiger partial charge in [-0.3, -0.25) is 9.59 Å². The molecule has 0 radical (unpaired) electrons. The van der Waals surface area contributed by atoms with Gasteiger partial charge >= 0.3 is 0 Å². The highest BCUT2D eigenvalue weighted by atomic mass is 35.6. The first-order valence-corrected chi connectivity index (χ1v) is 11.1. The van der Waals surface area contributed by atoms with Crippen molar-refractivity contribution in [1.29, 1.82) is 0 Å². The molecule has 2 aliphatic heterocycles. The number of hydrogen-bond donors (Lipinski definition) is 2. The van der Waals surface area contributed by atoms with E-state index in [0.29, 0.717) is 25.4 Å². The summed E-state index contributed by atoms with van der Waals surface area (Å²) in [4.78, 5) is 25.7. The first-order valence-electron chi connectivity index (χ1n) is 9.99. The fourth-order valence-corrected chi connectivity index (χ4v) is 5.21. The molecular weight excluding hydrogens is 468 g/mol. The van der Waals surface area contributed by atoms with Crippen molar-refractivity contribution < 1.29 is 18.8 Å². The Labute approximate surface area is 193 Å². The van der Waals surface area contributed by atoms with Crippen LogP contribution in [-0.4, -0.2) is 40.1 Å². The third kappa shape index (κ3) is 5.17. The Hall–Kier alpha value is -1.80. The fourth-order valence-electron chi connectivity index (χ4n) is 4.58. The summed E-state index contributed by atoms with van der Waals surface area (Å²) in [5.41, 5.74) is 0.981. The molecule has 166 valence electrons. The molecule has 1 unspecified atom stereocenters. The van der Waals surface area contributed by atoms with Gasteiger partial charge in [-0.25, -0.2) is 4.39 Å². The summed E-state index contributed by atoms with van der Waals surface area (Å²) >= 11 is 18.8. The fraction of sp³-hybridized carbons (Fsp3) is 0.429. The van der Waals surface area contributed by atoms with Gasteiger partial charge in [0.05, 0.1) is 13.1 Å². The number of carbonyl (C=O) groups is 1. The SMILES string of the molecule is O=C(COc1ccc(F)cc1)N[C@@H]([NH+]1C[C@@H]2C[C@H](C1)c1cccc(=O)n1C2)C(Cl)(Cl)Cl. The van der Waals surface area contributed by atoms with Crippen molar-refractivity contribution in [3.05, 3.63) is 64.3 Å². The van der Waals surface area contributed by atoms with Gasteiger partial charge in [-0.2, -0.15) is 0 Å². The Kier molecular flexibility index (Phi) is 6.49. The van der Waals surface area contributed by atoms with Crippen LogP contribution in [0, 0.1) is 11.7 Å². The first-order chi connectivity index (χ1) is 14.7. The van der Waals surface area contributed by atoms with E-state index in [4.69, 9.17) is 39.5 Å². The lowest BCUT2D eigenvalue weighted by atomic mass is 9.83. The maximum Gasteiger partial charge on any atom is 0.262 e. The quantitative estimate of drug-likeness (QED) is 0.631. The van der Waals surface area contributed by atoms with E-state index in [1.165, 1.54) is 24.3 Å². The van der Waals surface area contributed by atoms with Crippen LogP contribution in [0.5, 0.6) is 5.75 Å². The lowest BCUT2D eigenvalue weighted by Crippen LogP contribution is -3.21. The lowest BCUT2D eigenvalue weighted by Gasteiger charge is -2.44. The Morgan fingerprint density at radius 1 is 1.23 bits per heavy atom. The second-order valence-corrected chi connectivity index (χ2v) is 10.4. The van der Waals surface area contributed by atoms with Gasteiger partial charge < -0.3 is 19.5 Å². The molecule has 1 aromatic heterocycles. The number of nitrogens with one attached hydrogen (secondary N) is 2. The smallest absolute Gasteiger partial charge is 0.262 e. The predicted octanol–water partition coefficient (Wildman–Crippen LogP) is 1.88. The van der Waals surface area contributed by atoms with Crippen LogP contribution in [0.25, 0.3) is 0 Å². The Morgan fingerprint density at radius 3 is 2.68 bits per heavy atom. The van der Waals surface area contributed by atoms with Crippen LogP contribution in [-0.2, 0) is 11.3 Å². The molecule has 1 saturated heterocycles. The third-order valence-corrected chi connectivity index (χ3v) is 6.50. The average molecular weight is 490 g/mol. The maximum atomic E-state index is 13.0. The number of rotatable bonds is 5. The van der Waals surface area contributed by atoms with Gasteiger partial charge in [0.1, 0.15) is 11.6 Å². The number of benzene rings is 1. The predicted molar refractivity (Wildman–Crippen MR) is 116 cm³/mol. The van der Waals surface area contributed by atoms with Gasteiger partial charge in [0.2, 0.25) is 6.17 Å². The number of likely N-dealkylation sites (tertiary alicyclic amines) is 1. The number of carbonyl (C=O) groups excluding carboxylic acids is 1. The topological polar surface area (TPSA) is 64.8 Å². The Morgan fingerprint density at radius 2 is 1.97 bits per heavy atom. The number of aromatic nitrogens is 1. The van der Waals surface area contributed by atoms with Crippen molar-refractivity contribution in [2.75, 3.05) is 19.7 Å². The van der Waals surface area contributed by atoms with E-state index in [1.54, 1.807) is 12.1 Å². The van der Waals surface area contributed by atoms with Crippen LogP contribution >= 0.6 is 34.8 Å². The molecule has 31 heavy (non-hydrogen) atoms. The van der Waals surface area contributed by atoms with Crippen molar-refractivity contribution in [3.63, 3.8) is 0 Å². The highest BCUT2D eigenvalue weighted by Crippen LogP contribution is 2.33. The minimum atomic E-state index is -1.73. The molecule has 10 heteroatoms. The molecular formula is C21H22Cl3FN3O3+. The van der Waals surface area contributed by atoms with Crippen LogP contribution < -0.4 is 20.5 Å². The van der Waals surface area contributed by atoms with E-state index < -0.39 is 21.7 Å². The second kappa shape index (κ2) is 8.98. The second-order valence-electron chi connectivity index (χ2n) is 8.05. The molecule has 3 heterocycles. The lowest BCUT2D eigenvalue weighted by molar-refractivity contribution is -0.937. The van der Waals surface area contributed by atoms with E-state index in [1.807, 2.05) is 10.6 Å². The third-order valence-electron chi connectivity index (χ3n) is 5.84. The maximum absolute atomic E-state index is 13.0. The standard InChI is InChI=1S/C21H21Cl3FN3O3/c22-21(23,24)20(26-18(29)12-31-16-6-4-15(25)5-7-16)27-9-13-8-14(11-27)17-2-1-3-19(30)28(17)10-13/h1-7,13-14,20H,8-12H2,(H,26,29)/p+1/t13-,14+,20-/m0/s1. The summed E-state index contributed by atoms with van der Waals surface area (Å²) in [6, 6.07) is 10.7. The zero-order chi connectivity index (χ0) is 22.2. The molecule has 1 fully saturated rings. The summed E-state index contributed by atoms with van der Waals surface area (Å²) in [5.74, 6) is -0.0947. The Balaban J connectivity index is 1.45. The highest BCUT2D eigenvalue weighted by molar-refractivity contribution is 6.68. The molecule has 0 spiro atoms. The molecule has 1 amide bonds. The van der Waals surface area contributed by atoms with Crippen LogP contribution in [0.1, 0.15) is 18.0 Å². The van der Waals surface area contributed by atoms with Gasteiger partial charge in [-0.15, -0.1) is 0 Å². The molecule has 1 aromatic carbocycles. The van der Waals surface area contributed by atoms with Crippen LogP contribution in [0.3, 0.4) is 0 Å². The van der Waals surface area contributed by atoms with Crippen LogP contribution in [0.4, 0.5) is 4.39 Å². The number of pyridine rings is 1. The van der Waals surface area contributed by atoms with Crippen molar-refractivity contribution >= 4 is 40.7 Å². The number of piperidine rings is 1. The Bertz CT molecular complexity index is 1010. The van der Waals surface area contributed by atoms with Crippen molar-refractivity contribution in [2.45, 2.75) is 28.8 Å². The normalized spacial score (nSPS) is 23.5. The first kappa shape index (κ1) is 22.4. The number of amides is 1. The van der Waals surface area contributed by atoms with E-state index in [-0.39, 0.29) is 24.0 Å². The summed E-state index contributed by atoms with van der Waals surface area (Å²) in [7, 11) is 0. The van der Waals surface area contributed by atoms with Gasteiger partial charge in [0, 0.05) is 30.1 Å². The number of quaternary nitrogens is 1. The summed E-state index contributed by atoms with van der Waals surface area (Å²) < 4.78 is 18.5. The highest BCUT2D eigenvalue weighted by Gasteiger charge is 2.47. The van der Waals surface area contributed by atoms with Crippen LogP contribution in [0.15, 0.2) is 47.3 Å². The summed E-state index contributed by atoms with van der Waals surface area (Å²) in [6.07, 6.45) is 0.176. The molecule has 2 aliphatic rings. The number of nitrogens with zero attached hydrogens (tertiary/aromatic N) is 1. The summed E-state index contributed by atoms with van der Waals surface area (Å²) in [6.45, 7) is 1.61. The van der Waals surface area contributed by atoms with Gasteiger partial charge in [-0.05, 0) is 36.8 Å². The number of halogens is 4. The number of ether oxygens (including phenoxy) is 1. The van der Waals surface area contributed by atoms with Crippen molar-refractivity contribution in [1.82, 2.24) is 9.88 Å². The van der Waals surface area contributed by atoms with Crippen LogP contribution in [0.2, 0.25) is 0 Å². The van der Waals surface area contributed by atoms with Gasteiger partial charge in [-0.1, -0.05) is 40.9 Å². The molecule has 2 aromatic rings. The minimum absolute atomic E-state index is 0.000165. The van der Waals surface area contributed by atoms with Crippen molar-refractivity contribution in [3.8, 4) is 5.75 Å². The van der Waals surface area contributed by atoms with E-state index >= 15 is 0 Å². The van der Waals surface area contributed by atoms with E-state index in [0.717, 1.165) is 17.0 Å². The zero-order valence-corrected chi connectivity index (χ0v) is 18.8. The molecule has 6 nitrogen and oxygen atoms in total. The van der Waals surface area contributed by atoms with E-state index in [9.17, 15) is 14.0 Å². The number of hydrogen-bond acceptors (Lipinski definition) is 3. The van der Waals surface area contributed by atoms with E-state index in [2.05, 4.69) is 5.32 Å². The molecule has 2 N–H and O–H groups in total. The molecule has 4 atom stereocenters. The van der Waals surface area contributed by atoms with Crippen molar-refractivity contribution in [2.24, 2.45) is 5.92 Å². The monoisotopic (exact) mass is 488 g/mol. The molecule has 2 bridgehead atoms. The molecule has 0 saturated carbocycles. The zero-order valence-electron chi connectivity index (χ0n) is 16.5. The number of alkyl halides is 3. The molecule has 4 rings (SSSR count). The largest absolute Gasteiger partial charge is 0.484 e. The average Bonchev–Trinajstić information content (AvgIpc) is 2.71.